The van der Waals surface area contributed by atoms with Crippen molar-refractivity contribution in [2.45, 2.75) is 25.6 Å². The minimum atomic E-state index is 0.168. The lowest BCUT2D eigenvalue weighted by atomic mass is 10.1. The van der Waals surface area contributed by atoms with Gasteiger partial charge in [-0.3, -0.25) is 4.68 Å². The SMILES string of the molecule is CC(Cn1cccn1)NC1COc2cc(O)ccc21. The molecule has 2 unspecified atom stereocenters. The van der Waals surface area contributed by atoms with Gasteiger partial charge in [-0.2, -0.15) is 5.10 Å². The van der Waals surface area contributed by atoms with Gasteiger partial charge < -0.3 is 15.2 Å². The van der Waals surface area contributed by atoms with Gasteiger partial charge in [-0.1, -0.05) is 0 Å². The summed E-state index contributed by atoms with van der Waals surface area (Å²) in [7, 11) is 0. The van der Waals surface area contributed by atoms with Gasteiger partial charge in [0, 0.05) is 30.1 Å². The highest BCUT2D eigenvalue weighted by Gasteiger charge is 2.25. The van der Waals surface area contributed by atoms with Crippen molar-refractivity contribution >= 4 is 0 Å². The Kier molecular flexibility index (Phi) is 3.13. The second kappa shape index (κ2) is 4.93. The maximum Gasteiger partial charge on any atom is 0.127 e. The molecule has 3 rings (SSSR count). The number of phenols is 1. The first-order valence-corrected chi connectivity index (χ1v) is 6.41. The van der Waals surface area contributed by atoms with E-state index in [4.69, 9.17) is 4.74 Å². The number of nitrogens with one attached hydrogen (secondary N) is 1. The molecule has 1 aromatic carbocycles. The quantitative estimate of drug-likeness (QED) is 0.877. The number of ether oxygens (including phenoxy) is 1. The number of hydrogen-bond acceptors (Lipinski definition) is 4. The van der Waals surface area contributed by atoms with Crippen LogP contribution in [0, 0.1) is 0 Å². The normalized spacial score (nSPS) is 18.9. The highest BCUT2D eigenvalue weighted by molar-refractivity contribution is 5.44. The van der Waals surface area contributed by atoms with Gasteiger partial charge in [0.15, 0.2) is 0 Å². The smallest absolute Gasteiger partial charge is 0.127 e. The molecule has 0 aliphatic carbocycles. The molecule has 5 nitrogen and oxygen atoms in total. The van der Waals surface area contributed by atoms with Crippen molar-refractivity contribution in [2.24, 2.45) is 0 Å². The molecule has 5 heteroatoms. The summed E-state index contributed by atoms with van der Waals surface area (Å²) >= 11 is 0. The van der Waals surface area contributed by atoms with Crippen LogP contribution >= 0.6 is 0 Å². The summed E-state index contributed by atoms with van der Waals surface area (Å²) in [5, 5.41) is 17.1. The van der Waals surface area contributed by atoms with Crippen LogP contribution in [0.5, 0.6) is 11.5 Å². The predicted molar refractivity (Wildman–Crippen MR) is 71.2 cm³/mol. The molecule has 1 aromatic heterocycles. The number of rotatable bonds is 4. The number of aromatic hydroxyl groups is 1. The maximum absolute atomic E-state index is 9.42. The van der Waals surface area contributed by atoms with E-state index in [0.717, 1.165) is 17.9 Å². The average molecular weight is 259 g/mol. The molecule has 2 aromatic rings. The lowest BCUT2D eigenvalue weighted by Gasteiger charge is -2.18. The fraction of sp³-hybridized carbons (Fsp3) is 0.357. The van der Waals surface area contributed by atoms with Crippen LogP contribution in [0.3, 0.4) is 0 Å². The third-order valence-corrected chi connectivity index (χ3v) is 3.28. The Labute approximate surface area is 111 Å². The Morgan fingerprint density at radius 1 is 1.58 bits per heavy atom. The summed E-state index contributed by atoms with van der Waals surface area (Å²) < 4.78 is 7.49. The molecule has 0 amide bonds. The van der Waals surface area contributed by atoms with Gasteiger partial charge >= 0.3 is 0 Å². The minimum Gasteiger partial charge on any atom is -0.508 e. The second-order valence-corrected chi connectivity index (χ2v) is 4.88. The van der Waals surface area contributed by atoms with E-state index >= 15 is 0 Å². The Bertz CT molecular complexity index is 554. The molecule has 0 saturated heterocycles. The molecule has 2 heterocycles. The highest BCUT2D eigenvalue weighted by Crippen LogP contribution is 2.35. The van der Waals surface area contributed by atoms with Crippen molar-refractivity contribution in [1.82, 2.24) is 15.1 Å². The Morgan fingerprint density at radius 3 is 3.26 bits per heavy atom. The van der Waals surface area contributed by atoms with E-state index in [1.165, 1.54) is 0 Å². The average Bonchev–Trinajstić information content (AvgIpc) is 2.99. The number of fused-ring (bicyclic) bond motifs is 1. The number of aromatic nitrogens is 2. The van der Waals surface area contributed by atoms with E-state index in [9.17, 15) is 5.11 Å². The lowest BCUT2D eigenvalue weighted by molar-refractivity contribution is 0.291. The summed E-state index contributed by atoms with van der Waals surface area (Å²) in [5.41, 5.74) is 1.10. The Morgan fingerprint density at radius 2 is 2.47 bits per heavy atom. The molecule has 0 fully saturated rings. The first-order chi connectivity index (χ1) is 9.22. The topological polar surface area (TPSA) is 59.3 Å². The van der Waals surface area contributed by atoms with Gasteiger partial charge in [0.25, 0.3) is 0 Å². The largest absolute Gasteiger partial charge is 0.508 e. The fourth-order valence-electron chi connectivity index (χ4n) is 2.42. The molecule has 0 spiro atoms. The van der Waals surface area contributed by atoms with E-state index < -0.39 is 0 Å². The van der Waals surface area contributed by atoms with Gasteiger partial charge in [-0.25, -0.2) is 0 Å². The third-order valence-electron chi connectivity index (χ3n) is 3.28. The Hall–Kier alpha value is -2.01. The number of hydrogen-bond donors (Lipinski definition) is 2. The van der Waals surface area contributed by atoms with Crippen molar-refractivity contribution in [2.75, 3.05) is 6.61 Å². The van der Waals surface area contributed by atoms with E-state index in [0.29, 0.717) is 6.61 Å². The highest BCUT2D eigenvalue weighted by atomic mass is 16.5. The van der Waals surface area contributed by atoms with Crippen LogP contribution in [-0.2, 0) is 6.54 Å². The number of nitrogens with zero attached hydrogens (tertiary/aromatic N) is 2. The molecule has 19 heavy (non-hydrogen) atoms. The van der Waals surface area contributed by atoms with Gasteiger partial charge in [-0.05, 0) is 25.1 Å². The molecular formula is C14H17N3O2. The lowest BCUT2D eigenvalue weighted by Crippen LogP contribution is -2.34. The molecular weight excluding hydrogens is 242 g/mol. The molecule has 0 saturated carbocycles. The summed E-state index contributed by atoms with van der Waals surface area (Å²) in [6.07, 6.45) is 3.73. The van der Waals surface area contributed by atoms with E-state index in [2.05, 4.69) is 17.3 Å². The maximum atomic E-state index is 9.42. The molecule has 2 atom stereocenters. The second-order valence-electron chi connectivity index (χ2n) is 4.88. The minimum absolute atomic E-state index is 0.168. The zero-order chi connectivity index (χ0) is 13.2. The summed E-state index contributed by atoms with van der Waals surface area (Å²) in [6, 6.07) is 7.64. The van der Waals surface area contributed by atoms with E-state index in [1.807, 2.05) is 23.0 Å². The van der Waals surface area contributed by atoms with Crippen LogP contribution in [0.25, 0.3) is 0 Å². The first kappa shape index (κ1) is 12.0. The van der Waals surface area contributed by atoms with Gasteiger partial charge in [0.1, 0.15) is 18.1 Å². The molecule has 1 aliphatic heterocycles. The molecule has 0 bridgehead atoms. The Balaban J connectivity index is 1.66. The van der Waals surface area contributed by atoms with Crippen molar-refractivity contribution in [1.29, 1.82) is 0 Å². The van der Waals surface area contributed by atoms with Crippen LogP contribution in [0.1, 0.15) is 18.5 Å². The van der Waals surface area contributed by atoms with Crippen molar-refractivity contribution in [3.63, 3.8) is 0 Å². The van der Waals surface area contributed by atoms with Gasteiger partial charge in [0.2, 0.25) is 0 Å². The van der Waals surface area contributed by atoms with E-state index in [1.54, 1.807) is 18.3 Å². The zero-order valence-corrected chi connectivity index (χ0v) is 10.8. The van der Waals surface area contributed by atoms with Gasteiger partial charge in [0.05, 0.1) is 12.6 Å². The van der Waals surface area contributed by atoms with E-state index in [-0.39, 0.29) is 17.8 Å². The van der Waals surface area contributed by atoms with Crippen LogP contribution < -0.4 is 10.1 Å². The monoisotopic (exact) mass is 259 g/mol. The van der Waals surface area contributed by atoms with Crippen LogP contribution in [0.15, 0.2) is 36.7 Å². The van der Waals surface area contributed by atoms with Gasteiger partial charge in [-0.15, -0.1) is 0 Å². The number of benzene rings is 1. The number of phenolic OH excluding ortho intramolecular Hbond substituents is 1. The standard InChI is InChI=1S/C14H17N3O2/c1-10(8-17-6-2-5-15-17)16-13-9-19-14-7-11(18)3-4-12(13)14/h2-7,10,13,16,18H,8-9H2,1H3. The molecule has 1 aliphatic rings. The zero-order valence-electron chi connectivity index (χ0n) is 10.8. The van der Waals surface area contributed by atoms with Crippen LogP contribution in [0.2, 0.25) is 0 Å². The van der Waals surface area contributed by atoms with Crippen molar-refractivity contribution in [3.05, 3.63) is 42.2 Å². The summed E-state index contributed by atoms with van der Waals surface area (Å²) in [6.45, 7) is 3.54. The van der Waals surface area contributed by atoms with Crippen molar-refractivity contribution < 1.29 is 9.84 Å². The van der Waals surface area contributed by atoms with Crippen LogP contribution in [-0.4, -0.2) is 27.5 Å². The summed E-state index contributed by atoms with van der Waals surface area (Å²) in [4.78, 5) is 0. The predicted octanol–water partition coefficient (Wildman–Crippen LogP) is 1.70. The third kappa shape index (κ3) is 2.56. The molecule has 0 radical (unpaired) electrons. The van der Waals surface area contributed by atoms with Crippen LogP contribution in [0.4, 0.5) is 0 Å². The first-order valence-electron chi connectivity index (χ1n) is 6.41. The van der Waals surface area contributed by atoms with Crippen molar-refractivity contribution in [3.8, 4) is 11.5 Å². The fourth-order valence-corrected chi connectivity index (χ4v) is 2.42. The molecule has 2 N–H and O–H groups in total. The molecule has 100 valence electrons. The summed E-state index contributed by atoms with van der Waals surface area (Å²) in [5.74, 6) is 1.01.